The van der Waals surface area contributed by atoms with E-state index in [0.29, 0.717) is 0 Å². The minimum atomic E-state index is -0.590. The van der Waals surface area contributed by atoms with Gasteiger partial charge in [-0.3, -0.25) is 4.79 Å². The van der Waals surface area contributed by atoms with Crippen molar-refractivity contribution >= 4 is 5.97 Å². The topological polar surface area (TPSA) is 37.3 Å². The maximum absolute atomic E-state index is 11.1. The smallest absolute Gasteiger partial charge is 0.309 e. The molecule has 2 heteroatoms. The second-order valence-electron chi connectivity index (χ2n) is 7.04. The Morgan fingerprint density at radius 3 is 1.65 bits per heavy atom. The Labute approximate surface area is 160 Å². The zero-order valence-corrected chi connectivity index (χ0v) is 16.4. The van der Waals surface area contributed by atoms with Gasteiger partial charge in [-0.25, -0.2) is 0 Å². The van der Waals surface area contributed by atoms with Crippen LogP contribution in [-0.4, -0.2) is 11.1 Å². The SMILES string of the molecule is CC/C=C\C/C=C\C/C=C\C/C=C\C/C=C\CCCCC1(C(=O)O)CC1. The highest BCUT2D eigenvalue weighted by atomic mass is 16.4. The quantitative estimate of drug-likeness (QED) is 0.249. The summed E-state index contributed by atoms with van der Waals surface area (Å²) in [7, 11) is 0. The fourth-order valence-corrected chi connectivity index (χ4v) is 2.82. The molecule has 0 aromatic rings. The zero-order valence-electron chi connectivity index (χ0n) is 16.4. The lowest BCUT2D eigenvalue weighted by molar-refractivity contribution is -0.143. The van der Waals surface area contributed by atoms with Gasteiger partial charge in [0.1, 0.15) is 0 Å². The van der Waals surface area contributed by atoms with Crippen LogP contribution >= 0.6 is 0 Å². The van der Waals surface area contributed by atoms with E-state index in [4.69, 9.17) is 5.11 Å². The minimum Gasteiger partial charge on any atom is -0.481 e. The summed E-state index contributed by atoms with van der Waals surface area (Å²) in [5.41, 5.74) is -0.345. The van der Waals surface area contributed by atoms with Gasteiger partial charge >= 0.3 is 5.97 Å². The fourth-order valence-electron chi connectivity index (χ4n) is 2.82. The number of aliphatic carboxylic acids is 1. The van der Waals surface area contributed by atoms with Gasteiger partial charge in [0.2, 0.25) is 0 Å². The van der Waals surface area contributed by atoms with E-state index in [2.05, 4.69) is 67.7 Å². The van der Waals surface area contributed by atoms with E-state index in [-0.39, 0.29) is 5.41 Å². The number of carboxylic acids is 1. The molecule has 26 heavy (non-hydrogen) atoms. The standard InChI is InChI=1S/C24H36O2/c1-2-3-4-5-6-7-8-9-10-11-12-13-14-15-16-17-18-19-20-24(21-22-24)23(25)26/h3-4,6-7,9-10,12-13,15-16H,2,5,8,11,14,17-22H2,1H3,(H,25,26)/b4-3-,7-6-,10-9-,13-12-,16-15-. The van der Waals surface area contributed by atoms with Crippen LogP contribution in [-0.2, 0) is 4.79 Å². The van der Waals surface area contributed by atoms with Gasteiger partial charge < -0.3 is 5.11 Å². The third kappa shape index (κ3) is 10.9. The van der Waals surface area contributed by atoms with Gasteiger partial charge in [0.15, 0.2) is 0 Å². The van der Waals surface area contributed by atoms with Crippen molar-refractivity contribution in [3.05, 3.63) is 60.8 Å². The summed E-state index contributed by atoms with van der Waals surface area (Å²) in [6.07, 6.45) is 33.0. The van der Waals surface area contributed by atoms with Crippen LogP contribution in [0.4, 0.5) is 0 Å². The highest BCUT2D eigenvalue weighted by Crippen LogP contribution is 2.50. The Kier molecular flexibility index (Phi) is 12.3. The number of carbonyl (C=O) groups is 1. The summed E-state index contributed by atoms with van der Waals surface area (Å²) in [6, 6.07) is 0. The van der Waals surface area contributed by atoms with Crippen LogP contribution in [0.1, 0.15) is 77.6 Å². The first-order valence-electron chi connectivity index (χ1n) is 10.2. The molecule has 1 N–H and O–H groups in total. The fraction of sp³-hybridized carbons (Fsp3) is 0.542. The molecule has 0 aromatic carbocycles. The molecule has 1 rings (SSSR count). The van der Waals surface area contributed by atoms with Crippen molar-refractivity contribution < 1.29 is 9.90 Å². The van der Waals surface area contributed by atoms with Crippen molar-refractivity contribution in [2.45, 2.75) is 77.6 Å². The highest BCUT2D eigenvalue weighted by molar-refractivity contribution is 5.77. The Morgan fingerprint density at radius 1 is 0.769 bits per heavy atom. The molecular formula is C24H36O2. The van der Waals surface area contributed by atoms with E-state index < -0.39 is 5.97 Å². The minimum absolute atomic E-state index is 0.345. The summed E-state index contributed by atoms with van der Waals surface area (Å²) in [6.45, 7) is 2.15. The molecule has 1 aliphatic rings. The van der Waals surface area contributed by atoms with Crippen LogP contribution in [0, 0.1) is 5.41 Å². The first-order valence-corrected chi connectivity index (χ1v) is 10.2. The van der Waals surface area contributed by atoms with Gasteiger partial charge in [0, 0.05) is 0 Å². The van der Waals surface area contributed by atoms with Crippen molar-refractivity contribution in [2.75, 3.05) is 0 Å². The van der Waals surface area contributed by atoms with Crippen molar-refractivity contribution in [2.24, 2.45) is 5.41 Å². The molecule has 1 saturated carbocycles. The molecule has 0 amide bonds. The summed E-state index contributed by atoms with van der Waals surface area (Å²) in [4.78, 5) is 11.1. The summed E-state index contributed by atoms with van der Waals surface area (Å²) >= 11 is 0. The molecule has 0 bridgehead atoms. The molecule has 0 atom stereocenters. The van der Waals surface area contributed by atoms with Crippen LogP contribution < -0.4 is 0 Å². The van der Waals surface area contributed by atoms with Gasteiger partial charge in [-0.05, 0) is 64.2 Å². The van der Waals surface area contributed by atoms with Crippen LogP contribution in [0.2, 0.25) is 0 Å². The summed E-state index contributed by atoms with van der Waals surface area (Å²) in [5, 5.41) is 9.12. The maximum Gasteiger partial charge on any atom is 0.309 e. The molecule has 0 unspecified atom stereocenters. The van der Waals surface area contributed by atoms with E-state index in [0.717, 1.165) is 70.6 Å². The Morgan fingerprint density at radius 2 is 1.23 bits per heavy atom. The molecule has 0 radical (unpaired) electrons. The van der Waals surface area contributed by atoms with Gasteiger partial charge in [0.25, 0.3) is 0 Å². The lowest BCUT2D eigenvalue weighted by Gasteiger charge is -2.07. The average Bonchev–Trinajstić information content (AvgIpc) is 3.42. The first-order chi connectivity index (χ1) is 12.7. The molecule has 2 nitrogen and oxygen atoms in total. The molecule has 0 heterocycles. The van der Waals surface area contributed by atoms with Crippen molar-refractivity contribution in [1.29, 1.82) is 0 Å². The molecule has 0 aliphatic heterocycles. The Balaban J connectivity index is 1.92. The van der Waals surface area contributed by atoms with Crippen LogP contribution in [0.3, 0.4) is 0 Å². The molecule has 1 aliphatic carbocycles. The number of hydrogen-bond donors (Lipinski definition) is 1. The van der Waals surface area contributed by atoms with E-state index in [1.165, 1.54) is 0 Å². The number of allylic oxidation sites excluding steroid dienone is 10. The molecule has 0 aromatic heterocycles. The predicted molar refractivity (Wildman–Crippen MR) is 112 cm³/mol. The summed E-state index contributed by atoms with van der Waals surface area (Å²) in [5.74, 6) is -0.590. The van der Waals surface area contributed by atoms with E-state index in [1.54, 1.807) is 0 Å². The first kappa shape index (κ1) is 22.2. The number of rotatable bonds is 15. The molecular weight excluding hydrogens is 320 g/mol. The lowest BCUT2D eigenvalue weighted by Crippen LogP contribution is -2.14. The lowest BCUT2D eigenvalue weighted by atomic mass is 9.98. The van der Waals surface area contributed by atoms with Crippen LogP contribution in [0.15, 0.2) is 60.8 Å². The average molecular weight is 357 g/mol. The second-order valence-corrected chi connectivity index (χ2v) is 7.04. The van der Waals surface area contributed by atoms with Gasteiger partial charge in [-0.2, -0.15) is 0 Å². The number of hydrogen-bond acceptors (Lipinski definition) is 1. The summed E-state index contributed by atoms with van der Waals surface area (Å²) < 4.78 is 0. The predicted octanol–water partition coefficient (Wildman–Crippen LogP) is 7.16. The third-order valence-corrected chi connectivity index (χ3v) is 4.74. The molecule has 0 saturated heterocycles. The monoisotopic (exact) mass is 356 g/mol. The van der Waals surface area contributed by atoms with Gasteiger partial charge in [0.05, 0.1) is 5.41 Å². The molecule has 144 valence electrons. The molecule has 0 spiro atoms. The number of carboxylic acid groups (broad SMARTS) is 1. The largest absolute Gasteiger partial charge is 0.481 e. The zero-order chi connectivity index (χ0) is 18.9. The van der Waals surface area contributed by atoms with E-state index >= 15 is 0 Å². The highest BCUT2D eigenvalue weighted by Gasteiger charge is 2.49. The second kappa shape index (κ2) is 14.4. The molecule has 1 fully saturated rings. The normalized spacial score (nSPS) is 16.8. The maximum atomic E-state index is 11.1. The van der Waals surface area contributed by atoms with E-state index in [1.807, 2.05) is 0 Å². The third-order valence-electron chi connectivity index (χ3n) is 4.74. The Bertz CT molecular complexity index is 516. The van der Waals surface area contributed by atoms with Crippen molar-refractivity contribution in [3.8, 4) is 0 Å². The van der Waals surface area contributed by atoms with E-state index in [9.17, 15) is 4.79 Å². The van der Waals surface area contributed by atoms with Crippen LogP contribution in [0.5, 0.6) is 0 Å². The Hall–Kier alpha value is -1.83. The van der Waals surface area contributed by atoms with Crippen molar-refractivity contribution in [3.63, 3.8) is 0 Å². The van der Waals surface area contributed by atoms with Gasteiger partial charge in [-0.1, -0.05) is 74.1 Å². The number of unbranched alkanes of at least 4 members (excludes halogenated alkanes) is 2. The van der Waals surface area contributed by atoms with Crippen molar-refractivity contribution in [1.82, 2.24) is 0 Å². The van der Waals surface area contributed by atoms with Crippen LogP contribution in [0.25, 0.3) is 0 Å². The van der Waals surface area contributed by atoms with Gasteiger partial charge in [-0.15, -0.1) is 0 Å².